The maximum atomic E-state index is 13.3. The highest BCUT2D eigenvalue weighted by Gasteiger charge is 2.28. The molecular weight excluding hydrogens is 356 g/mol. The highest BCUT2D eigenvalue weighted by molar-refractivity contribution is 5.99. The first-order chi connectivity index (χ1) is 13.6. The van der Waals surface area contributed by atoms with Gasteiger partial charge >= 0.3 is 0 Å². The van der Waals surface area contributed by atoms with Gasteiger partial charge in [0.25, 0.3) is 11.5 Å². The predicted molar refractivity (Wildman–Crippen MR) is 105 cm³/mol. The molecule has 0 spiro atoms. The summed E-state index contributed by atoms with van der Waals surface area (Å²) in [6.07, 6.45) is 4.60. The summed E-state index contributed by atoms with van der Waals surface area (Å²) < 4.78 is 0. The third-order valence-electron chi connectivity index (χ3n) is 4.91. The van der Waals surface area contributed by atoms with Crippen LogP contribution in [-0.4, -0.2) is 43.8 Å². The summed E-state index contributed by atoms with van der Waals surface area (Å²) in [5.74, 6) is 0.00269. The molecule has 3 aromatic rings. The molecule has 0 aliphatic carbocycles. The molecule has 1 saturated heterocycles. The third kappa shape index (κ3) is 3.62. The Morgan fingerprint density at radius 2 is 2.04 bits per heavy atom. The Kier molecular flexibility index (Phi) is 4.84. The lowest BCUT2D eigenvalue weighted by Gasteiger charge is -2.32. The molecule has 1 aliphatic rings. The Morgan fingerprint density at radius 3 is 2.82 bits per heavy atom. The van der Waals surface area contributed by atoms with Gasteiger partial charge in [0.1, 0.15) is 0 Å². The van der Waals surface area contributed by atoms with Crippen molar-refractivity contribution in [3.05, 3.63) is 70.5 Å². The standard InChI is InChI=1S/C20H20N6O2/c21-20-22-10-15(18(25-20)13-5-2-1-3-6-13)19(28)26-8-4-7-14(11-26)16-9-17(27)24-12-23-16/h1-3,5-6,9-10,12,14H,4,7-8,11H2,(H2,21,22,25)(H,23,24,27). The van der Waals surface area contributed by atoms with Crippen LogP contribution in [0.5, 0.6) is 0 Å². The van der Waals surface area contributed by atoms with Gasteiger partial charge in [-0.1, -0.05) is 30.3 Å². The highest BCUT2D eigenvalue weighted by atomic mass is 16.2. The van der Waals surface area contributed by atoms with Gasteiger partial charge in [-0.15, -0.1) is 0 Å². The number of likely N-dealkylation sites (tertiary alicyclic amines) is 1. The van der Waals surface area contributed by atoms with Gasteiger partial charge in [0.2, 0.25) is 5.95 Å². The number of aromatic nitrogens is 4. The highest BCUT2D eigenvalue weighted by Crippen LogP contribution is 2.28. The van der Waals surface area contributed by atoms with Crippen molar-refractivity contribution in [2.75, 3.05) is 18.8 Å². The molecule has 1 fully saturated rings. The minimum absolute atomic E-state index is 0.0230. The lowest BCUT2D eigenvalue weighted by molar-refractivity contribution is 0.0706. The molecular formula is C20H20N6O2. The van der Waals surface area contributed by atoms with E-state index in [0.717, 1.165) is 18.4 Å². The lowest BCUT2D eigenvalue weighted by atomic mass is 9.94. The van der Waals surface area contributed by atoms with Crippen molar-refractivity contribution in [3.8, 4) is 11.3 Å². The molecule has 0 bridgehead atoms. The monoisotopic (exact) mass is 376 g/mol. The minimum atomic E-state index is -0.188. The molecule has 28 heavy (non-hydrogen) atoms. The fourth-order valence-electron chi connectivity index (χ4n) is 3.55. The topological polar surface area (TPSA) is 118 Å². The van der Waals surface area contributed by atoms with Crippen molar-refractivity contribution < 1.29 is 4.79 Å². The fourth-order valence-corrected chi connectivity index (χ4v) is 3.55. The Bertz CT molecular complexity index is 1050. The van der Waals surface area contributed by atoms with Crippen molar-refractivity contribution in [1.29, 1.82) is 0 Å². The summed E-state index contributed by atoms with van der Waals surface area (Å²) in [5.41, 5.74) is 8.04. The number of piperidine rings is 1. The van der Waals surface area contributed by atoms with E-state index in [1.54, 1.807) is 4.90 Å². The van der Waals surface area contributed by atoms with E-state index in [2.05, 4.69) is 19.9 Å². The molecule has 1 atom stereocenters. The number of hydrogen-bond donors (Lipinski definition) is 2. The number of carbonyl (C=O) groups is 1. The van der Waals surface area contributed by atoms with E-state index < -0.39 is 0 Å². The first-order valence-electron chi connectivity index (χ1n) is 9.13. The van der Waals surface area contributed by atoms with E-state index >= 15 is 0 Å². The first kappa shape index (κ1) is 17.8. The zero-order chi connectivity index (χ0) is 19.5. The van der Waals surface area contributed by atoms with E-state index in [-0.39, 0.29) is 23.3 Å². The van der Waals surface area contributed by atoms with Crippen molar-refractivity contribution >= 4 is 11.9 Å². The average Bonchev–Trinajstić information content (AvgIpc) is 2.74. The smallest absolute Gasteiger partial charge is 0.257 e. The molecule has 1 amide bonds. The first-order valence-corrected chi connectivity index (χ1v) is 9.13. The Balaban J connectivity index is 1.64. The van der Waals surface area contributed by atoms with Crippen molar-refractivity contribution in [2.45, 2.75) is 18.8 Å². The number of nitrogens with two attached hydrogens (primary N) is 1. The zero-order valence-corrected chi connectivity index (χ0v) is 15.2. The second-order valence-electron chi connectivity index (χ2n) is 6.78. The molecule has 0 saturated carbocycles. The number of nitrogens with one attached hydrogen (secondary N) is 1. The molecule has 142 valence electrons. The van der Waals surface area contributed by atoms with E-state index in [1.165, 1.54) is 18.6 Å². The van der Waals surface area contributed by atoms with E-state index in [4.69, 9.17) is 5.73 Å². The SMILES string of the molecule is Nc1ncc(C(=O)N2CCCC(c3cc(=O)[nH]cn3)C2)c(-c2ccccc2)n1. The molecule has 1 aliphatic heterocycles. The van der Waals surface area contributed by atoms with Crippen LogP contribution < -0.4 is 11.3 Å². The molecule has 4 rings (SSSR count). The maximum Gasteiger partial charge on any atom is 0.257 e. The summed E-state index contributed by atoms with van der Waals surface area (Å²) >= 11 is 0. The van der Waals surface area contributed by atoms with Crippen LogP contribution in [0.2, 0.25) is 0 Å². The third-order valence-corrected chi connectivity index (χ3v) is 4.91. The van der Waals surface area contributed by atoms with E-state index in [1.807, 2.05) is 30.3 Å². The van der Waals surface area contributed by atoms with Gasteiger partial charge in [-0.2, -0.15) is 0 Å². The van der Waals surface area contributed by atoms with Crippen molar-refractivity contribution in [3.63, 3.8) is 0 Å². The van der Waals surface area contributed by atoms with Crippen LogP contribution in [0.25, 0.3) is 11.3 Å². The number of hydrogen-bond acceptors (Lipinski definition) is 6. The largest absolute Gasteiger partial charge is 0.368 e. The number of aromatic amines is 1. The zero-order valence-electron chi connectivity index (χ0n) is 15.2. The number of benzene rings is 1. The molecule has 2 aromatic heterocycles. The van der Waals surface area contributed by atoms with Crippen LogP contribution in [0.1, 0.15) is 34.8 Å². The van der Waals surface area contributed by atoms with Crippen LogP contribution in [0.4, 0.5) is 5.95 Å². The van der Waals surface area contributed by atoms with Gasteiger partial charge in [0.15, 0.2) is 0 Å². The number of rotatable bonds is 3. The number of carbonyl (C=O) groups excluding carboxylic acids is 1. The van der Waals surface area contributed by atoms with Crippen molar-refractivity contribution in [1.82, 2.24) is 24.8 Å². The predicted octanol–water partition coefficient (Wildman–Crippen LogP) is 1.83. The number of amides is 1. The van der Waals surface area contributed by atoms with Crippen molar-refractivity contribution in [2.24, 2.45) is 0 Å². The summed E-state index contributed by atoms with van der Waals surface area (Å²) in [4.78, 5) is 41.8. The Hall–Kier alpha value is -3.55. The van der Waals surface area contributed by atoms with Gasteiger partial charge in [-0.25, -0.2) is 15.0 Å². The molecule has 3 N–H and O–H groups in total. The second kappa shape index (κ2) is 7.59. The molecule has 8 heteroatoms. The summed E-state index contributed by atoms with van der Waals surface area (Å²) in [6.45, 7) is 1.13. The van der Waals surface area contributed by atoms with Gasteiger partial charge in [0.05, 0.1) is 23.3 Å². The normalized spacial score (nSPS) is 16.7. The fraction of sp³-hybridized carbons (Fsp3) is 0.250. The molecule has 1 aromatic carbocycles. The number of H-pyrrole nitrogens is 1. The van der Waals surface area contributed by atoms with Gasteiger partial charge in [-0.3, -0.25) is 9.59 Å². The minimum Gasteiger partial charge on any atom is -0.368 e. The van der Waals surface area contributed by atoms with Gasteiger partial charge < -0.3 is 15.6 Å². The summed E-state index contributed by atoms with van der Waals surface area (Å²) in [5, 5.41) is 0. The molecule has 3 heterocycles. The van der Waals surface area contributed by atoms with Crippen LogP contribution >= 0.6 is 0 Å². The van der Waals surface area contributed by atoms with Crippen LogP contribution in [0.3, 0.4) is 0 Å². The van der Waals surface area contributed by atoms with E-state index in [9.17, 15) is 9.59 Å². The van der Waals surface area contributed by atoms with Gasteiger partial charge in [-0.05, 0) is 12.8 Å². The number of anilines is 1. The van der Waals surface area contributed by atoms with Crippen LogP contribution in [0.15, 0.2) is 53.7 Å². The average molecular weight is 376 g/mol. The molecule has 8 nitrogen and oxygen atoms in total. The van der Waals surface area contributed by atoms with Gasteiger partial charge in [0, 0.05) is 36.8 Å². The van der Waals surface area contributed by atoms with Crippen LogP contribution in [0, 0.1) is 0 Å². The quantitative estimate of drug-likeness (QED) is 0.720. The van der Waals surface area contributed by atoms with Crippen LogP contribution in [-0.2, 0) is 0 Å². The number of nitrogens with zero attached hydrogens (tertiary/aromatic N) is 4. The number of nitrogen functional groups attached to an aromatic ring is 1. The summed E-state index contributed by atoms with van der Waals surface area (Å²) in [6, 6.07) is 10.9. The molecule has 1 unspecified atom stereocenters. The second-order valence-corrected chi connectivity index (χ2v) is 6.78. The molecule has 0 radical (unpaired) electrons. The Morgan fingerprint density at radius 1 is 1.21 bits per heavy atom. The maximum absolute atomic E-state index is 13.3. The summed E-state index contributed by atoms with van der Waals surface area (Å²) in [7, 11) is 0. The Labute approximate surface area is 161 Å². The lowest BCUT2D eigenvalue weighted by Crippen LogP contribution is -2.40. The van der Waals surface area contributed by atoms with E-state index in [0.29, 0.717) is 30.0 Å².